The van der Waals surface area contributed by atoms with E-state index in [1.807, 2.05) is 0 Å². The highest BCUT2D eigenvalue weighted by atomic mass is 15.1. The van der Waals surface area contributed by atoms with Crippen LogP contribution in [0.25, 0.3) is 55.3 Å². The van der Waals surface area contributed by atoms with Crippen molar-refractivity contribution >= 4 is 27.8 Å². The first-order valence-electron chi connectivity index (χ1n) is 16.1. The summed E-state index contributed by atoms with van der Waals surface area (Å²) in [6, 6.07) is 71.8. The second-order valence-electron chi connectivity index (χ2n) is 11.8. The monoisotopic (exact) mass is 599 g/mol. The topological polar surface area (TPSA) is 3.24 Å². The van der Waals surface area contributed by atoms with Gasteiger partial charge in [-0.1, -0.05) is 170 Å². The summed E-state index contributed by atoms with van der Waals surface area (Å²) in [5.41, 5.74) is 13.0. The van der Waals surface area contributed by atoms with Crippen LogP contribution in [0, 0.1) is 0 Å². The molecule has 0 spiro atoms. The molecule has 0 bridgehead atoms. The fraction of sp³-hybridized carbons (Fsp3) is 0. The Morgan fingerprint density at radius 2 is 0.766 bits per heavy atom. The number of anilines is 3. The van der Waals surface area contributed by atoms with Crippen LogP contribution in [0.4, 0.5) is 17.1 Å². The zero-order valence-electron chi connectivity index (χ0n) is 26.0. The average Bonchev–Trinajstić information content (AvgIpc) is 3.16. The molecule has 0 saturated carbocycles. The van der Waals surface area contributed by atoms with Crippen molar-refractivity contribution in [3.63, 3.8) is 0 Å². The molecule has 0 aliphatic rings. The molecule has 222 valence electrons. The Morgan fingerprint density at radius 1 is 0.277 bits per heavy atom. The fourth-order valence-corrected chi connectivity index (χ4v) is 6.61. The molecular weight excluding hydrogens is 567 g/mol. The normalized spacial score (nSPS) is 11.0. The van der Waals surface area contributed by atoms with Crippen molar-refractivity contribution in [3.8, 4) is 44.5 Å². The van der Waals surface area contributed by atoms with Crippen molar-refractivity contribution in [2.24, 2.45) is 0 Å². The van der Waals surface area contributed by atoms with E-state index in [2.05, 4.69) is 205 Å². The lowest BCUT2D eigenvalue weighted by Gasteiger charge is -2.28. The molecule has 0 atom stereocenters. The van der Waals surface area contributed by atoms with Gasteiger partial charge in [0, 0.05) is 16.8 Å². The van der Waals surface area contributed by atoms with Crippen LogP contribution in [-0.2, 0) is 0 Å². The molecule has 0 aliphatic heterocycles. The third-order valence-corrected chi connectivity index (χ3v) is 8.89. The molecule has 0 fully saturated rings. The fourth-order valence-electron chi connectivity index (χ4n) is 6.61. The standard InChI is InChI=1S/C46H33N/c1-4-15-34(16-5-1)35-27-29-39(30-28-35)47(46-26-14-22-37-21-10-11-24-42(37)46)40-31-32-44(45(33-40)38-19-8-3-9-20-38)43-25-13-12-23-41(43)36-17-6-2-7-18-36/h1-33H. The summed E-state index contributed by atoms with van der Waals surface area (Å²) in [5.74, 6) is 0. The van der Waals surface area contributed by atoms with Gasteiger partial charge in [0.25, 0.3) is 0 Å². The predicted octanol–water partition coefficient (Wildman–Crippen LogP) is 13.0. The summed E-state index contributed by atoms with van der Waals surface area (Å²) in [6.07, 6.45) is 0. The number of nitrogens with zero attached hydrogens (tertiary/aromatic N) is 1. The molecule has 0 aromatic heterocycles. The highest BCUT2D eigenvalue weighted by Gasteiger charge is 2.19. The maximum Gasteiger partial charge on any atom is 0.0540 e. The minimum atomic E-state index is 1.11. The lowest BCUT2D eigenvalue weighted by atomic mass is 9.89. The Bertz CT molecular complexity index is 2270. The summed E-state index contributed by atoms with van der Waals surface area (Å²) in [7, 11) is 0. The summed E-state index contributed by atoms with van der Waals surface area (Å²) < 4.78 is 0. The van der Waals surface area contributed by atoms with E-state index in [9.17, 15) is 0 Å². The Balaban J connectivity index is 1.34. The first-order valence-corrected chi connectivity index (χ1v) is 16.1. The van der Waals surface area contributed by atoms with Gasteiger partial charge in [-0.05, 0) is 80.2 Å². The van der Waals surface area contributed by atoms with Crippen LogP contribution >= 0.6 is 0 Å². The van der Waals surface area contributed by atoms with Gasteiger partial charge in [-0.15, -0.1) is 0 Å². The Morgan fingerprint density at radius 3 is 1.47 bits per heavy atom. The molecule has 47 heavy (non-hydrogen) atoms. The van der Waals surface area contributed by atoms with Crippen LogP contribution < -0.4 is 4.90 Å². The van der Waals surface area contributed by atoms with Gasteiger partial charge in [0.05, 0.1) is 5.69 Å². The van der Waals surface area contributed by atoms with E-state index in [1.54, 1.807) is 0 Å². The van der Waals surface area contributed by atoms with Crippen molar-refractivity contribution < 1.29 is 0 Å². The van der Waals surface area contributed by atoms with Gasteiger partial charge in [-0.25, -0.2) is 0 Å². The molecule has 0 amide bonds. The number of hydrogen-bond acceptors (Lipinski definition) is 1. The number of benzene rings is 8. The lowest BCUT2D eigenvalue weighted by molar-refractivity contribution is 1.30. The van der Waals surface area contributed by atoms with Crippen LogP contribution in [0.2, 0.25) is 0 Å². The van der Waals surface area contributed by atoms with Gasteiger partial charge in [-0.2, -0.15) is 0 Å². The molecule has 0 unspecified atom stereocenters. The van der Waals surface area contributed by atoms with Crippen LogP contribution in [0.5, 0.6) is 0 Å². The minimum Gasteiger partial charge on any atom is -0.310 e. The van der Waals surface area contributed by atoms with E-state index in [-0.39, 0.29) is 0 Å². The van der Waals surface area contributed by atoms with E-state index >= 15 is 0 Å². The highest BCUT2D eigenvalue weighted by Crippen LogP contribution is 2.44. The van der Waals surface area contributed by atoms with E-state index in [4.69, 9.17) is 0 Å². The smallest absolute Gasteiger partial charge is 0.0540 e. The summed E-state index contributed by atoms with van der Waals surface area (Å²) in [5, 5.41) is 2.43. The molecule has 1 heteroatoms. The first-order chi connectivity index (χ1) is 23.3. The maximum atomic E-state index is 2.40. The molecule has 0 heterocycles. The number of rotatable bonds is 7. The highest BCUT2D eigenvalue weighted by molar-refractivity contribution is 6.00. The zero-order valence-corrected chi connectivity index (χ0v) is 26.0. The van der Waals surface area contributed by atoms with E-state index in [0.717, 1.165) is 17.1 Å². The Labute approximate surface area is 276 Å². The van der Waals surface area contributed by atoms with Crippen LogP contribution in [0.15, 0.2) is 200 Å². The minimum absolute atomic E-state index is 1.11. The Kier molecular flexibility index (Phi) is 7.63. The van der Waals surface area contributed by atoms with Crippen molar-refractivity contribution in [2.45, 2.75) is 0 Å². The predicted molar refractivity (Wildman–Crippen MR) is 200 cm³/mol. The van der Waals surface area contributed by atoms with Crippen molar-refractivity contribution in [3.05, 3.63) is 200 Å². The third-order valence-electron chi connectivity index (χ3n) is 8.89. The Hall–Kier alpha value is -6.18. The van der Waals surface area contributed by atoms with Gasteiger partial charge in [0.1, 0.15) is 0 Å². The molecule has 8 rings (SSSR count). The largest absolute Gasteiger partial charge is 0.310 e. The van der Waals surface area contributed by atoms with Gasteiger partial charge in [0.2, 0.25) is 0 Å². The van der Waals surface area contributed by atoms with Crippen LogP contribution in [0.1, 0.15) is 0 Å². The number of hydrogen-bond donors (Lipinski definition) is 0. The SMILES string of the molecule is c1ccc(-c2ccc(N(c3ccc(-c4ccccc4-c4ccccc4)c(-c4ccccc4)c3)c3cccc4ccccc34)cc2)cc1. The van der Waals surface area contributed by atoms with E-state index in [1.165, 1.54) is 55.3 Å². The summed E-state index contributed by atoms with van der Waals surface area (Å²) in [4.78, 5) is 2.40. The van der Waals surface area contributed by atoms with E-state index in [0.29, 0.717) is 0 Å². The molecule has 8 aromatic carbocycles. The molecule has 0 radical (unpaired) electrons. The molecule has 1 nitrogen and oxygen atoms in total. The second kappa shape index (κ2) is 12.7. The third kappa shape index (κ3) is 5.60. The summed E-state index contributed by atoms with van der Waals surface area (Å²) in [6.45, 7) is 0. The van der Waals surface area contributed by atoms with Gasteiger partial charge >= 0.3 is 0 Å². The molecule has 0 aliphatic carbocycles. The zero-order chi connectivity index (χ0) is 31.4. The molecular formula is C46H33N. The molecule has 0 saturated heterocycles. The lowest BCUT2D eigenvalue weighted by Crippen LogP contribution is -2.11. The van der Waals surface area contributed by atoms with Gasteiger partial charge in [-0.3, -0.25) is 0 Å². The maximum absolute atomic E-state index is 2.40. The second-order valence-corrected chi connectivity index (χ2v) is 11.8. The van der Waals surface area contributed by atoms with Crippen LogP contribution in [-0.4, -0.2) is 0 Å². The van der Waals surface area contributed by atoms with Crippen molar-refractivity contribution in [1.29, 1.82) is 0 Å². The molecule has 0 N–H and O–H groups in total. The quantitative estimate of drug-likeness (QED) is 0.176. The van der Waals surface area contributed by atoms with Crippen LogP contribution in [0.3, 0.4) is 0 Å². The molecule has 8 aromatic rings. The van der Waals surface area contributed by atoms with Gasteiger partial charge in [0.15, 0.2) is 0 Å². The van der Waals surface area contributed by atoms with Crippen molar-refractivity contribution in [1.82, 2.24) is 0 Å². The first kappa shape index (κ1) is 28.3. The summed E-state index contributed by atoms with van der Waals surface area (Å²) >= 11 is 0. The van der Waals surface area contributed by atoms with Gasteiger partial charge < -0.3 is 4.90 Å². The van der Waals surface area contributed by atoms with Crippen molar-refractivity contribution in [2.75, 3.05) is 4.90 Å². The average molecular weight is 600 g/mol. The number of fused-ring (bicyclic) bond motifs is 1. The van der Waals surface area contributed by atoms with E-state index < -0.39 is 0 Å².